The van der Waals surface area contributed by atoms with Crippen molar-refractivity contribution in [3.63, 3.8) is 0 Å². The lowest BCUT2D eigenvalue weighted by atomic mass is 10.2. The van der Waals surface area contributed by atoms with Gasteiger partial charge in [-0.2, -0.15) is 4.37 Å². The second kappa shape index (κ2) is 5.46. The van der Waals surface area contributed by atoms with Gasteiger partial charge in [-0.05, 0) is 28.1 Å². The van der Waals surface area contributed by atoms with Gasteiger partial charge in [-0.1, -0.05) is 13.8 Å². The number of anilines is 1. The van der Waals surface area contributed by atoms with E-state index in [-0.39, 0.29) is 0 Å². The Balaban J connectivity index is 2.06. The van der Waals surface area contributed by atoms with Gasteiger partial charge in [-0.3, -0.25) is 0 Å². The lowest BCUT2D eigenvalue weighted by molar-refractivity contribution is 0.792. The van der Waals surface area contributed by atoms with E-state index in [1.54, 1.807) is 11.3 Å². The summed E-state index contributed by atoms with van der Waals surface area (Å²) in [6.07, 6.45) is 0. The molecule has 0 radical (unpaired) electrons. The molecular formula is C11H14BrN3S2. The summed E-state index contributed by atoms with van der Waals surface area (Å²) < 4.78 is 5.53. The molecule has 0 aliphatic carbocycles. The third-order valence-electron chi connectivity index (χ3n) is 2.30. The Kier molecular flexibility index (Phi) is 4.17. The summed E-state index contributed by atoms with van der Waals surface area (Å²) >= 11 is 6.70. The van der Waals surface area contributed by atoms with Crippen LogP contribution < -0.4 is 4.90 Å². The summed E-state index contributed by atoms with van der Waals surface area (Å²) in [4.78, 5) is 8.00. The van der Waals surface area contributed by atoms with Gasteiger partial charge in [0.25, 0.3) is 0 Å². The fourth-order valence-corrected chi connectivity index (χ4v) is 3.66. The molecule has 0 N–H and O–H groups in total. The molecule has 17 heavy (non-hydrogen) atoms. The van der Waals surface area contributed by atoms with Crippen molar-refractivity contribution in [2.75, 3.05) is 11.9 Å². The minimum atomic E-state index is 0.393. The number of rotatable bonds is 4. The highest BCUT2D eigenvalue weighted by atomic mass is 79.9. The highest BCUT2D eigenvalue weighted by Crippen LogP contribution is 2.26. The Morgan fingerprint density at radius 1 is 1.41 bits per heavy atom. The molecule has 0 aromatic carbocycles. The topological polar surface area (TPSA) is 29.0 Å². The second-order valence-corrected chi connectivity index (χ2v) is 7.43. The Hall–Kier alpha value is -0.460. The van der Waals surface area contributed by atoms with Gasteiger partial charge in [0.05, 0.1) is 10.3 Å². The van der Waals surface area contributed by atoms with E-state index in [1.807, 2.05) is 0 Å². The van der Waals surface area contributed by atoms with E-state index in [9.17, 15) is 0 Å². The first-order valence-electron chi connectivity index (χ1n) is 5.35. The number of aromatic nitrogens is 2. The zero-order chi connectivity index (χ0) is 12.4. The summed E-state index contributed by atoms with van der Waals surface area (Å²) in [6, 6.07) is 4.21. The maximum atomic E-state index is 4.54. The predicted octanol–water partition coefficient (Wildman–Crippen LogP) is 4.12. The third-order valence-corrected chi connectivity index (χ3v) is 4.75. The van der Waals surface area contributed by atoms with E-state index >= 15 is 0 Å². The average molecular weight is 332 g/mol. The normalized spacial score (nSPS) is 11.1. The molecule has 2 rings (SSSR count). The van der Waals surface area contributed by atoms with E-state index in [1.165, 1.54) is 20.2 Å². The molecule has 0 amide bonds. The zero-order valence-corrected chi connectivity index (χ0v) is 13.2. The molecule has 0 saturated carbocycles. The molecule has 0 saturated heterocycles. The minimum Gasteiger partial charge on any atom is -0.345 e. The van der Waals surface area contributed by atoms with E-state index in [4.69, 9.17) is 0 Å². The van der Waals surface area contributed by atoms with Crippen LogP contribution in [0.4, 0.5) is 5.13 Å². The van der Waals surface area contributed by atoms with Crippen molar-refractivity contribution in [3.05, 3.63) is 26.6 Å². The van der Waals surface area contributed by atoms with E-state index in [0.717, 1.165) is 17.5 Å². The van der Waals surface area contributed by atoms with Gasteiger partial charge in [-0.15, -0.1) is 11.3 Å². The molecular weight excluding hydrogens is 318 g/mol. The molecule has 92 valence electrons. The first-order chi connectivity index (χ1) is 8.06. The first-order valence-corrected chi connectivity index (χ1v) is 7.73. The van der Waals surface area contributed by atoms with Crippen molar-refractivity contribution in [1.82, 2.24) is 9.36 Å². The number of halogens is 1. The SMILES string of the molecule is CC(C)c1nsc(N(C)Cc2ccc(Br)s2)n1. The van der Waals surface area contributed by atoms with Gasteiger partial charge in [0.15, 0.2) is 0 Å². The Bertz CT molecular complexity index is 492. The zero-order valence-electron chi connectivity index (χ0n) is 9.98. The third kappa shape index (κ3) is 3.26. The highest BCUT2D eigenvalue weighted by Gasteiger charge is 2.12. The maximum Gasteiger partial charge on any atom is 0.205 e. The van der Waals surface area contributed by atoms with Gasteiger partial charge in [0.2, 0.25) is 5.13 Å². The Morgan fingerprint density at radius 2 is 2.18 bits per heavy atom. The van der Waals surface area contributed by atoms with Crippen molar-refractivity contribution >= 4 is 43.9 Å². The van der Waals surface area contributed by atoms with Crippen molar-refractivity contribution in [2.45, 2.75) is 26.3 Å². The molecule has 0 spiro atoms. The molecule has 0 aliphatic rings. The smallest absolute Gasteiger partial charge is 0.205 e. The average Bonchev–Trinajstić information content (AvgIpc) is 2.86. The van der Waals surface area contributed by atoms with Gasteiger partial charge < -0.3 is 4.90 Å². The largest absolute Gasteiger partial charge is 0.345 e. The van der Waals surface area contributed by atoms with Crippen molar-refractivity contribution in [2.24, 2.45) is 0 Å². The monoisotopic (exact) mass is 331 g/mol. The van der Waals surface area contributed by atoms with Gasteiger partial charge in [-0.25, -0.2) is 4.98 Å². The van der Waals surface area contributed by atoms with Crippen LogP contribution in [0.5, 0.6) is 0 Å². The molecule has 0 aliphatic heterocycles. The van der Waals surface area contributed by atoms with Crippen LogP contribution >= 0.6 is 38.8 Å². The molecule has 0 fully saturated rings. The van der Waals surface area contributed by atoms with Crippen LogP contribution in [-0.4, -0.2) is 16.4 Å². The van der Waals surface area contributed by atoms with Crippen LogP contribution in [-0.2, 0) is 6.54 Å². The Labute approximate surface area is 118 Å². The summed E-state index contributed by atoms with van der Waals surface area (Å²) in [7, 11) is 2.05. The second-order valence-electron chi connectivity index (χ2n) is 4.15. The standard InChI is InChI=1S/C11H14BrN3S2/c1-7(2)10-13-11(17-14-10)15(3)6-8-4-5-9(12)16-8/h4-5,7H,6H2,1-3H3. The number of nitrogens with zero attached hydrogens (tertiary/aromatic N) is 3. The minimum absolute atomic E-state index is 0.393. The molecule has 6 heteroatoms. The lowest BCUT2D eigenvalue weighted by Crippen LogP contribution is -2.15. The fourth-order valence-electron chi connectivity index (χ4n) is 1.35. The molecule has 0 unspecified atom stereocenters. The predicted molar refractivity (Wildman–Crippen MR) is 78.1 cm³/mol. The first kappa shape index (κ1) is 13.0. The fraction of sp³-hybridized carbons (Fsp3) is 0.455. The summed E-state index contributed by atoms with van der Waals surface area (Å²) in [6.45, 7) is 5.10. The molecule has 2 aromatic rings. The molecule has 3 nitrogen and oxygen atoms in total. The van der Waals surface area contributed by atoms with Crippen LogP contribution in [0.25, 0.3) is 0 Å². The lowest BCUT2D eigenvalue weighted by Gasteiger charge is -2.13. The van der Waals surface area contributed by atoms with Crippen molar-refractivity contribution < 1.29 is 0 Å². The molecule has 0 bridgehead atoms. The summed E-state index contributed by atoms with van der Waals surface area (Å²) in [5.74, 6) is 1.33. The maximum absolute atomic E-state index is 4.54. The van der Waals surface area contributed by atoms with Crippen LogP contribution in [0.1, 0.15) is 30.5 Å². The van der Waals surface area contributed by atoms with Gasteiger partial charge >= 0.3 is 0 Å². The van der Waals surface area contributed by atoms with Crippen LogP contribution in [0.2, 0.25) is 0 Å². The Morgan fingerprint density at radius 3 is 2.71 bits per heavy atom. The van der Waals surface area contributed by atoms with Crippen LogP contribution in [0.3, 0.4) is 0 Å². The summed E-state index contributed by atoms with van der Waals surface area (Å²) in [5, 5.41) is 0.984. The number of thiophene rings is 1. The molecule has 2 aromatic heterocycles. The van der Waals surface area contributed by atoms with Crippen molar-refractivity contribution in [3.8, 4) is 0 Å². The summed E-state index contributed by atoms with van der Waals surface area (Å²) in [5.41, 5.74) is 0. The van der Waals surface area contributed by atoms with E-state index in [2.05, 4.69) is 63.2 Å². The molecule has 2 heterocycles. The molecule has 0 atom stereocenters. The van der Waals surface area contributed by atoms with Crippen LogP contribution in [0, 0.1) is 0 Å². The highest BCUT2D eigenvalue weighted by molar-refractivity contribution is 9.11. The van der Waals surface area contributed by atoms with Gasteiger partial charge in [0.1, 0.15) is 5.82 Å². The number of hydrogen-bond donors (Lipinski definition) is 0. The quantitative estimate of drug-likeness (QED) is 0.843. The van der Waals surface area contributed by atoms with Crippen molar-refractivity contribution in [1.29, 1.82) is 0 Å². The van der Waals surface area contributed by atoms with Gasteiger partial charge in [0, 0.05) is 29.4 Å². The van der Waals surface area contributed by atoms with Crippen LogP contribution in [0.15, 0.2) is 15.9 Å². The van der Waals surface area contributed by atoms with E-state index in [0.29, 0.717) is 5.92 Å². The van der Waals surface area contributed by atoms with E-state index < -0.39 is 0 Å². The number of hydrogen-bond acceptors (Lipinski definition) is 5.